The van der Waals surface area contributed by atoms with Gasteiger partial charge >= 0.3 is 0 Å². The molecule has 0 aromatic heterocycles. The van der Waals surface area contributed by atoms with Crippen molar-refractivity contribution in [2.75, 3.05) is 41.3 Å². The Kier molecular flexibility index (Phi) is 7.29. The van der Waals surface area contributed by atoms with Crippen molar-refractivity contribution in [1.29, 1.82) is 0 Å². The van der Waals surface area contributed by atoms with E-state index in [9.17, 15) is 14.9 Å². The monoisotopic (exact) mass is 487 g/mol. The van der Waals surface area contributed by atoms with E-state index in [2.05, 4.69) is 15.5 Å². The fourth-order valence-electron chi connectivity index (χ4n) is 4.35. The zero-order valence-corrected chi connectivity index (χ0v) is 19.8. The van der Waals surface area contributed by atoms with Crippen molar-refractivity contribution in [3.05, 3.63) is 57.1 Å². The highest BCUT2D eigenvalue weighted by Crippen LogP contribution is 2.32. The number of nitro benzene ring substituents is 1. The average Bonchev–Trinajstić information content (AvgIpc) is 3.34. The van der Waals surface area contributed by atoms with Crippen LogP contribution in [0.5, 0.6) is 0 Å². The van der Waals surface area contributed by atoms with Crippen LogP contribution in [0.15, 0.2) is 36.4 Å². The van der Waals surface area contributed by atoms with Gasteiger partial charge in [0.15, 0.2) is 5.11 Å². The third-order valence-electron chi connectivity index (χ3n) is 6.01. The second kappa shape index (κ2) is 10.4. The molecule has 2 aliphatic heterocycles. The normalized spacial score (nSPS) is 15.9. The number of amides is 1. The molecule has 0 aliphatic carbocycles. The molecule has 8 nitrogen and oxygen atoms in total. The van der Waals surface area contributed by atoms with Gasteiger partial charge in [0.2, 0.25) is 0 Å². The summed E-state index contributed by atoms with van der Waals surface area (Å²) < 4.78 is 0. The van der Waals surface area contributed by atoms with Gasteiger partial charge in [-0.25, -0.2) is 0 Å². The van der Waals surface area contributed by atoms with Crippen molar-refractivity contribution < 1.29 is 9.72 Å². The van der Waals surface area contributed by atoms with Gasteiger partial charge in [0.25, 0.3) is 11.6 Å². The Bertz CT molecular complexity index is 1070. The minimum atomic E-state index is -0.513. The van der Waals surface area contributed by atoms with Crippen molar-refractivity contribution in [3.63, 3.8) is 0 Å². The van der Waals surface area contributed by atoms with Crippen LogP contribution in [0.3, 0.4) is 0 Å². The van der Waals surface area contributed by atoms with Crippen molar-refractivity contribution in [1.82, 2.24) is 5.32 Å². The lowest BCUT2D eigenvalue weighted by atomic mass is 10.1. The summed E-state index contributed by atoms with van der Waals surface area (Å²) in [7, 11) is 0. The smallest absolute Gasteiger partial charge is 0.293 e. The molecule has 0 bridgehead atoms. The molecule has 2 aliphatic rings. The molecule has 0 spiro atoms. The first-order chi connectivity index (χ1) is 15.9. The van der Waals surface area contributed by atoms with E-state index < -0.39 is 10.8 Å². The zero-order valence-electron chi connectivity index (χ0n) is 18.2. The molecular formula is C23H26ClN5O3S. The number of rotatable bonds is 5. The van der Waals surface area contributed by atoms with E-state index in [1.807, 2.05) is 17.0 Å². The van der Waals surface area contributed by atoms with Crippen LogP contribution in [-0.4, -0.2) is 42.1 Å². The summed E-state index contributed by atoms with van der Waals surface area (Å²) in [6, 6.07) is 10.1. The van der Waals surface area contributed by atoms with Crippen LogP contribution in [0.25, 0.3) is 0 Å². The molecule has 0 atom stereocenters. The number of thiocarbonyl (C=S) groups is 1. The standard InChI is InChI=1S/C23H26ClN5O3S/c24-18-15-17(7-9-19(18)27-12-4-5-13-27)25-23(33)26-22(30)16-6-8-20(21(14-16)29(31)32)28-10-2-1-3-11-28/h6-9,14-15H,1-5,10-13H2,(H2,25,26,30,33). The van der Waals surface area contributed by atoms with E-state index in [0.717, 1.165) is 64.0 Å². The number of halogens is 1. The second-order valence-electron chi connectivity index (χ2n) is 8.28. The van der Waals surface area contributed by atoms with Gasteiger partial charge in [0.1, 0.15) is 5.69 Å². The van der Waals surface area contributed by atoms with Gasteiger partial charge in [-0.05, 0) is 74.7 Å². The average molecular weight is 488 g/mol. The van der Waals surface area contributed by atoms with Gasteiger partial charge in [-0.2, -0.15) is 0 Å². The molecule has 10 heteroatoms. The third kappa shape index (κ3) is 5.54. The Morgan fingerprint density at radius 2 is 1.55 bits per heavy atom. The van der Waals surface area contributed by atoms with Crippen molar-refractivity contribution >= 4 is 57.6 Å². The summed E-state index contributed by atoms with van der Waals surface area (Å²) in [4.78, 5) is 28.2. The fraction of sp³-hybridized carbons (Fsp3) is 0.391. The van der Waals surface area contributed by atoms with Gasteiger partial charge in [-0.1, -0.05) is 11.6 Å². The zero-order chi connectivity index (χ0) is 23.4. The molecule has 1 amide bonds. The van der Waals surface area contributed by atoms with Gasteiger partial charge < -0.3 is 15.1 Å². The molecule has 2 fully saturated rings. The van der Waals surface area contributed by atoms with Crippen LogP contribution < -0.4 is 20.4 Å². The molecule has 2 heterocycles. The summed E-state index contributed by atoms with van der Waals surface area (Å²) in [5.41, 5.74) is 2.28. The number of benzene rings is 2. The molecule has 2 aromatic rings. The third-order valence-corrected chi connectivity index (χ3v) is 6.52. The van der Waals surface area contributed by atoms with E-state index in [4.69, 9.17) is 23.8 Å². The fourth-order valence-corrected chi connectivity index (χ4v) is 4.86. The highest BCUT2D eigenvalue weighted by Gasteiger charge is 2.23. The number of carbonyl (C=O) groups is 1. The number of hydrogen-bond donors (Lipinski definition) is 2. The summed E-state index contributed by atoms with van der Waals surface area (Å²) in [5, 5.41) is 17.9. The lowest BCUT2D eigenvalue weighted by Crippen LogP contribution is -2.34. The van der Waals surface area contributed by atoms with Crippen LogP contribution in [0.1, 0.15) is 42.5 Å². The van der Waals surface area contributed by atoms with E-state index in [-0.39, 0.29) is 16.4 Å². The number of piperidine rings is 1. The van der Waals surface area contributed by atoms with Crippen molar-refractivity contribution in [3.8, 4) is 0 Å². The van der Waals surface area contributed by atoms with Crippen molar-refractivity contribution in [2.24, 2.45) is 0 Å². The maximum Gasteiger partial charge on any atom is 0.293 e. The Balaban J connectivity index is 1.42. The van der Waals surface area contributed by atoms with Gasteiger partial charge in [0.05, 0.1) is 15.6 Å². The number of anilines is 3. The van der Waals surface area contributed by atoms with Crippen molar-refractivity contribution in [2.45, 2.75) is 32.1 Å². The SMILES string of the molecule is O=C(NC(=S)Nc1ccc(N2CCCC2)c(Cl)c1)c1ccc(N2CCCCC2)c([N+](=O)[O-])c1. The second-order valence-corrected chi connectivity index (χ2v) is 9.09. The number of hydrogen-bond acceptors (Lipinski definition) is 6. The van der Waals surface area contributed by atoms with E-state index in [1.165, 1.54) is 6.07 Å². The Hall–Kier alpha value is -2.91. The highest BCUT2D eigenvalue weighted by molar-refractivity contribution is 7.80. The Morgan fingerprint density at radius 1 is 0.939 bits per heavy atom. The van der Waals surface area contributed by atoms with E-state index in [0.29, 0.717) is 16.4 Å². The minimum absolute atomic E-state index is 0.0762. The van der Waals surface area contributed by atoms with Gasteiger partial charge in [-0.3, -0.25) is 20.2 Å². The summed E-state index contributed by atoms with van der Waals surface area (Å²) in [5.74, 6) is -0.513. The summed E-state index contributed by atoms with van der Waals surface area (Å²) in [6.45, 7) is 3.53. The first-order valence-electron chi connectivity index (χ1n) is 11.1. The summed E-state index contributed by atoms with van der Waals surface area (Å²) >= 11 is 11.7. The molecule has 0 radical (unpaired) electrons. The quantitative estimate of drug-likeness (QED) is 0.349. The predicted molar refractivity (Wildman–Crippen MR) is 136 cm³/mol. The predicted octanol–water partition coefficient (Wildman–Crippen LogP) is 4.97. The highest BCUT2D eigenvalue weighted by atomic mass is 35.5. The molecule has 0 saturated carbocycles. The number of carbonyl (C=O) groups excluding carboxylic acids is 1. The maximum absolute atomic E-state index is 12.7. The molecule has 2 aromatic carbocycles. The van der Waals surface area contributed by atoms with Crippen LogP contribution >= 0.6 is 23.8 Å². The number of nitrogens with zero attached hydrogens (tertiary/aromatic N) is 3. The van der Waals surface area contributed by atoms with E-state index >= 15 is 0 Å². The van der Waals surface area contributed by atoms with Gasteiger partial charge in [0, 0.05) is 43.5 Å². The number of nitro groups is 1. The maximum atomic E-state index is 12.7. The Labute approximate surface area is 203 Å². The van der Waals surface area contributed by atoms with Gasteiger partial charge in [-0.15, -0.1) is 0 Å². The molecule has 4 rings (SSSR count). The number of nitrogens with one attached hydrogen (secondary N) is 2. The first-order valence-corrected chi connectivity index (χ1v) is 11.9. The van der Waals surface area contributed by atoms with Crippen LogP contribution in [0, 0.1) is 10.1 Å². The van der Waals surface area contributed by atoms with E-state index in [1.54, 1.807) is 18.2 Å². The molecule has 174 valence electrons. The molecule has 33 heavy (non-hydrogen) atoms. The van der Waals surface area contributed by atoms with Crippen LogP contribution in [0.4, 0.5) is 22.7 Å². The topological polar surface area (TPSA) is 90.8 Å². The van der Waals surface area contributed by atoms with Crippen LogP contribution in [-0.2, 0) is 0 Å². The largest absolute Gasteiger partial charge is 0.370 e. The minimum Gasteiger partial charge on any atom is -0.370 e. The molecular weight excluding hydrogens is 462 g/mol. The van der Waals surface area contributed by atoms with Crippen LogP contribution in [0.2, 0.25) is 5.02 Å². The Morgan fingerprint density at radius 3 is 2.18 bits per heavy atom. The molecule has 0 unspecified atom stereocenters. The first kappa shape index (κ1) is 23.3. The molecule has 2 N–H and O–H groups in total. The summed E-state index contributed by atoms with van der Waals surface area (Å²) in [6.07, 6.45) is 5.44. The lowest BCUT2D eigenvalue weighted by Gasteiger charge is -2.28. The molecule has 2 saturated heterocycles. The lowest BCUT2D eigenvalue weighted by molar-refractivity contribution is -0.384.